The van der Waals surface area contributed by atoms with Crippen molar-refractivity contribution >= 4 is 0 Å². The highest BCUT2D eigenvalue weighted by Gasteiger charge is 2.81. The van der Waals surface area contributed by atoms with E-state index in [-0.39, 0.29) is 12.1 Å². The first-order valence-corrected chi connectivity index (χ1v) is 5.58. The number of hydrogen-bond acceptors (Lipinski definition) is 1. The van der Waals surface area contributed by atoms with Gasteiger partial charge < -0.3 is 5.11 Å². The summed E-state index contributed by atoms with van der Waals surface area (Å²) >= 11 is 0. The molecule has 0 aliphatic heterocycles. The molecule has 0 radical (unpaired) electrons. The van der Waals surface area contributed by atoms with Crippen molar-refractivity contribution in [2.45, 2.75) is 37.8 Å². The maximum atomic E-state index is 14.1. The number of phenolic OH excluding ortho intramolecular Hbond substituents is 1. The Morgan fingerprint density at radius 1 is 0.727 bits per heavy atom. The Labute approximate surface area is 118 Å². The number of aromatic hydroxyl groups is 1. The van der Waals surface area contributed by atoms with Crippen LogP contribution in [0.3, 0.4) is 0 Å². The number of rotatable bonds is 2. The van der Waals surface area contributed by atoms with E-state index < -0.39 is 46.4 Å². The molecular weight excluding hydrogens is 331 g/mol. The molecule has 1 aromatic rings. The highest BCUT2D eigenvalue weighted by molar-refractivity contribution is 5.45. The molecule has 0 bridgehead atoms. The second kappa shape index (κ2) is 4.95. The van der Waals surface area contributed by atoms with Crippen molar-refractivity contribution in [2.24, 2.45) is 0 Å². The zero-order valence-electron chi connectivity index (χ0n) is 11.0. The molecule has 126 valence electrons. The maximum absolute atomic E-state index is 14.1. The molecule has 1 rings (SSSR count). The van der Waals surface area contributed by atoms with E-state index in [9.17, 15) is 44.6 Å². The fourth-order valence-electron chi connectivity index (χ4n) is 1.87. The van der Waals surface area contributed by atoms with Crippen LogP contribution in [-0.4, -0.2) is 23.4 Å². The lowest BCUT2D eigenvalue weighted by Crippen LogP contribution is -2.59. The van der Waals surface area contributed by atoms with Crippen LogP contribution in [0.15, 0.2) is 12.1 Å². The summed E-state index contributed by atoms with van der Waals surface area (Å²) in [6.07, 6.45) is -13.3. The molecular formula is C12H9F9O. The quantitative estimate of drug-likeness (QED) is 0.757. The normalized spacial score (nSPS) is 16.5. The number of benzene rings is 1. The average molecular weight is 340 g/mol. The molecule has 0 aromatic heterocycles. The van der Waals surface area contributed by atoms with Crippen LogP contribution in [0.4, 0.5) is 39.5 Å². The van der Waals surface area contributed by atoms with E-state index in [0.29, 0.717) is 0 Å². The Balaban J connectivity index is 3.77. The van der Waals surface area contributed by atoms with Crippen LogP contribution in [0.2, 0.25) is 0 Å². The Morgan fingerprint density at radius 2 is 1.09 bits per heavy atom. The summed E-state index contributed by atoms with van der Waals surface area (Å²) in [6.45, 7) is 1.88. The van der Waals surface area contributed by atoms with Gasteiger partial charge in [-0.1, -0.05) is 0 Å². The third kappa shape index (κ3) is 2.48. The molecule has 0 heterocycles. The standard InChI is InChI=1S/C12H9F9O/c1-5-3-7(4-6(2)8(5)22)9(13,11(16,17)18)10(14,15)12(19,20)21/h3-4,22H,1-2H3. The van der Waals surface area contributed by atoms with E-state index in [1.807, 2.05) is 0 Å². The van der Waals surface area contributed by atoms with E-state index in [0.717, 1.165) is 13.8 Å². The fourth-order valence-corrected chi connectivity index (χ4v) is 1.87. The van der Waals surface area contributed by atoms with Gasteiger partial charge in [-0.25, -0.2) is 4.39 Å². The minimum absolute atomic E-state index is 0.107. The first-order valence-electron chi connectivity index (χ1n) is 5.58. The predicted octanol–water partition coefficient (Wildman–Crippen LogP) is 4.93. The molecule has 1 aromatic carbocycles. The molecule has 1 unspecified atom stereocenters. The van der Waals surface area contributed by atoms with Crippen LogP contribution in [0, 0.1) is 13.8 Å². The van der Waals surface area contributed by atoms with Crippen molar-refractivity contribution in [3.05, 3.63) is 28.8 Å². The van der Waals surface area contributed by atoms with Gasteiger partial charge in [-0.15, -0.1) is 0 Å². The van der Waals surface area contributed by atoms with E-state index in [4.69, 9.17) is 0 Å². The lowest BCUT2D eigenvalue weighted by atomic mass is 9.85. The number of hydrogen-bond donors (Lipinski definition) is 1. The fraction of sp³-hybridized carbons (Fsp3) is 0.500. The van der Waals surface area contributed by atoms with Gasteiger partial charge in [-0.3, -0.25) is 0 Å². The molecule has 0 aliphatic carbocycles. The lowest BCUT2D eigenvalue weighted by molar-refractivity contribution is -0.389. The van der Waals surface area contributed by atoms with Crippen molar-refractivity contribution in [3.8, 4) is 5.75 Å². The molecule has 1 nitrogen and oxygen atoms in total. The molecule has 0 aliphatic rings. The molecule has 10 heteroatoms. The summed E-state index contributed by atoms with van der Waals surface area (Å²) in [7, 11) is 0. The van der Waals surface area contributed by atoms with Gasteiger partial charge >= 0.3 is 23.9 Å². The molecule has 0 fully saturated rings. The van der Waals surface area contributed by atoms with E-state index >= 15 is 0 Å². The Kier molecular flexibility index (Phi) is 4.15. The first kappa shape index (κ1) is 18.4. The summed E-state index contributed by atoms with van der Waals surface area (Å²) in [5.41, 5.74) is -8.87. The largest absolute Gasteiger partial charge is 0.507 e. The van der Waals surface area contributed by atoms with Crippen molar-refractivity contribution in [2.75, 3.05) is 0 Å². The molecule has 0 amide bonds. The summed E-state index contributed by atoms with van der Waals surface area (Å²) in [5, 5.41) is 9.35. The number of phenols is 1. The van der Waals surface area contributed by atoms with Crippen LogP contribution in [0.25, 0.3) is 0 Å². The predicted molar refractivity (Wildman–Crippen MR) is 57.4 cm³/mol. The van der Waals surface area contributed by atoms with Crippen molar-refractivity contribution in [3.63, 3.8) is 0 Å². The summed E-state index contributed by atoms with van der Waals surface area (Å²) in [4.78, 5) is 0. The smallest absolute Gasteiger partial charge is 0.457 e. The van der Waals surface area contributed by atoms with Crippen LogP contribution in [-0.2, 0) is 5.67 Å². The highest BCUT2D eigenvalue weighted by atomic mass is 19.4. The van der Waals surface area contributed by atoms with Crippen molar-refractivity contribution < 1.29 is 44.6 Å². The molecule has 1 atom stereocenters. The van der Waals surface area contributed by atoms with Gasteiger partial charge in [-0.2, -0.15) is 35.1 Å². The molecule has 0 saturated carbocycles. The summed E-state index contributed by atoms with van der Waals surface area (Å²) < 4.78 is 116. The Hall–Kier alpha value is -1.61. The first-order chi connectivity index (χ1) is 9.57. The van der Waals surface area contributed by atoms with Gasteiger partial charge in [0.05, 0.1) is 0 Å². The van der Waals surface area contributed by atoms with Gasteiger partial charge in [0.15, 0.2) is 0 Å². The zero-order valence-corrected chi connectivity index (χ0v) is 11.0. The van der Waals surface area contributed by atoms with E-state index in [1.165, 1.54) is 0 Å². The number of aryl methyl sites for hydroxylation is 2. The van der Waals surface area contributed by atoms with Gasteiger partial charge in [0.1, 0.15) is 5.75 Å². The maximum Gasteiger partial charge on any atom is 0.457 e. The minimum Gasteiger partial charge on any atom is -0.507 e. The van der Waals surface area contributed by atoms with Crippen LogP contribution < -0.4 is 0 Å². The summed E-state index contributed by atoms with van der Waals surface area (Å²) in [5.74, 6) is -7.35. The SMILES string of the molecule is Cc1cc(C(F)(C(F)(F)F)C(F)(F)C(F)(F)F)cc(C)c1O. The lowest BCUT2D eigenvalue weighted by Gasteiger charge is -2.36. The van der Waals surface area contributed by atoms with Crippen LogP contribution in [0.1, 0.15) is 16.7 Å². The monoisotopic (exact) mass is 340 g/mol. The van der Waals surface area contributed by atoms with Gasteiger partial charge in [0, 0.05) is 5.56 Å². The van der Waals surface area contributed by atoms with Crippen molar-refractivity contribution in [1.82, 2.24) is 0 Å². The molecule has 0 spiro atoms. The Morgan fingerprint density at radius 3 is 1.36 bits per heavy atom. The Bertz CT molecular complexity index is 550. The third-order valence-electron chi connectivity index (χ3n) is 3.07. The van der Waals surface area contributed by atoms with Crippen LogP contribution in [0.5, 0.6) is 5.75 Å². The average Bonchev–Trinajstić information content (AvgIpc) is 2.31. The third-order valence-corrected chi connectivity index (χ3v) is 3.07. The topological polar surface area (TPSA) is 20.2 Å². The van der Waals surface area contributed by atoms with Gasteiger partial charge in [-0.05, 0) is 37.1 Å². The van der Waals surface area contributed by atoms with E-state index in [2.05, 4.69) is 0 Å². The summed E-state index contributed by atoms with van der Waals surface area (Å²) in [6, 6.07) is 0.213. The molecule has 22 heavy (non-hydrogen) atoms. The molecule has 1 N–H and O–H groups in total. The van der Waals surface area contributed by atoms with Gasteiger partial charge in [0.25, 0.3) is 0 Å². The van der Waals surface area contributed by atoms with Gasteiger partial charge in [0.2, 0.25) is 0 Å². The number of alkyl halides is 9. The van der Waals surface area contributed by atoms with E-state index in [1.54, 1.807) is 0 Å². The number of halogens is 9. The minimum atomic E-state index is -6.77. The zero-order chi connectivity index (χ0) is 17.7. The second-order valence-electron chi connectivity index (χ2n) is 4.69. The highest BCUT2D eigenvalue weighted by Crippen LogP contribution is 2.58. The second-order valence-corrected chi connectivity index (χ2v) is 4.69. The van der Waals surface area contributed by atoms with Crippen molar-refractivity contribution in [1.29, 1.82) is 0 Å². The van der Waals surface area contributed by atoms with Crippen LogP contribution >= 0.6 is 0 Å². The molecule has 0 saturated heterocycles.